The van der Waals surface area contributed by atoms with Crippen LogP contribution in [-0.2, 0) is 28.9 Å². The molecule has 2 aromatic heterocycles. The number of carbonyl (C=O) groups excluding carboxylic acids is 1. The van der Waals surface area contributed by atoms with Crippen molar-refractivity contribution in [2.24, 2.45) is 0 Å². The van der Waals surface area contributed by atoms with Gasteiger partial charge in [0.15, 0.2) is 6.54 Å². The Kier molecular flexibility index (Phi) is 5.89. The molecule has 1 fully saturated rings. The standard InChI is InChI=1S/C20H23N3O2S2/c21-10-17-16-6-1-7-18(16)27-20(17)22-19(24)13-23(11-14-4-2-8-25-14)12-15-5-3-9-26-15/h3,5,9,14H,1-2,4,6-8,11-13H2,(H,22,24)/p+1/t14-/m0/s1. The van der Waals surface area contributed by atoms with Crippen molar-refractivity contribution in [1.82, 2.24) is 0 Å². The summed E-state index contributed by atoms with van der Waals surface area (Å²) < 4.78 is 5.79. The zero-order valence-corrected chi connectivity index (χ0v) is 16.9. The zero-order valence-electron chi connectivity index (χ0n) is 15.3. The maximum atomic E-state index is 12.7. The first-order valence-electron chi connectivity index (χ1n) is 9.55. The predicted molar refractivity (Wildman–Crippen MR) is 107 cm³/mol. The maximum Gasteiger partial charge on any atom is 0.280 e. The van der Waals surface area contributed by atoms with E-state index >= 15 is 0 Å². The number of quaternary nitrogens is 1. The minimum absolute atomic E-state index is 0.0176. The number of fused-ring (bicyclic) bond motifs is 1. The molecule has 0 spiro atoms. The van der Waals surface area contributed by atoms with Crippen molar-refractivity contribution in [3.8, 4) is 6.07 Å². The van der Waals surface area contributed by atoms with Crippen LogP contribution in [0.2, 0.25) is 0 Å². The molecule has 0 bridgehead atoms. The fourth-order valence-electron chi connectivity index (χ4n) is 4.00. The van der Waals surface area contributed by atoms with Gasteiger partial charge in [-0.1, -0.05) is 6.07 Å². The topological polar surface area (TPSA) is 66.6 Å². The lowest BCUT2D eigenvalue weighted by molar-refractivity contribution is -0.908. The van der Waals surface area contributed by atoms with E-state index in [-0.39, 0.29) is 12.0 Å². The average molecular weight is 403 g/mol. The number of aryl methyl sites for hydroxylation is 1. The van der Waals surface area contributed by atoms with Crippen molar-refractivity contribution in [3.63, 3.8) is 0 Å². The van der Waals surface area contributed by atoms with Crippen LogP contribution in [0.4, 0.5) is 5.00 Å². The number of hydrogen-bond acceptors (Lipinski definition) is 5. The van der Waals surface area contributed by atoms with Gasteiger partial charge in [-0.25, -0.2) is 0 Å². The number of rotatable bonds is 7. The molecule has 0 saturated carbocycles. The first-order chi connectivity index (χ1) is 13.2. The number of thiophene rings is 2. The Morgan fingerprint density at radius 2 is 2.33 bits per heavy atom. The van der Waals surface area contributed by atoms with E-state index in [9.17, 15) is 10.1 Å². The van der Waals surface area contributed by atoms with Crippen molar-refractivity contribution in [2.45, 2.75) is 44.8 Å². The van der Waals surface area contributed by atoms with Crippen LogP contribution < -0.4 is 10.2 Å². The largest absolute Gasteiger partial charge is 0.372 e. The molecule has 2 atom stereocenters. The average Bonchev–Trinajstić information content (AvgIpc) is 3.40. The van der Waals surface area contributed by atoms with Gasteiger partial charge in [0.1, 0.15) is 30.3 Å². The molecule has 1 saturated heterocycles. The van der Waals surface area contributed by atoms with Crippen molar-refractivity contribution < 1.29 is 14.4 Å². The molecule has 1 amide bonds. The van der Waals surface area contributed by atoms with Crippen LogP contribution in [0.1, 0.15) is 40.1 Å². The van der Waals surface area contributed by atoms with Gasteiger partial charge in [-0.3, -0.25) is 4.79 Å². The second kappa shape index (κ2) is 8.53. The van der Waals surface area contributed by atoms with Gasteiger partial charge in [-0.15, -0.1) is 22.7 Å². The summed E-state index contributed by atoms with van der Waals surface area (Å²) >= 11 is 3.31. The van der Waals surface area contributed by atoms with E-state index < -0.39 is 0 Å². The highest BCUT2D eigenvalue weighted by Crippen LogP contribution is 2.38. The quantitative estimate of drug-likeness (QED) is 0.747. The summed E-state index contributed by atoms with van der Waals surface area (Å²) in [7, 11) is 0. The predicted octanol–water partition coefficient (Wildman–Crippen LogP) is 2.37. The molecule has 3 heterocycles. The molecule has 0 radical (unpaired) electrons. The number of nitrogens with zero attached hydrogens (tertiary/aromatic N) is 1. The molecule has 2 N–H and O–H groups in total. The second-order valence-electron chi connectivity index (χ2n) is 7.24. The molecule has 1 aliphatic heterocycles. The summed E-state index contributed by atoms with van der Waals surface area (Å²) in [5.41, 5.74) is 1.83. The van der Waals surface area contributed by atoms with Crippen LogP contribution in [-0.4, -0.2) is 31.7 Å². The Morgan fingerprint density at radius 1 is 1.41 bits per heavy atom. The van der Waals surface area contributed by atoms with Crippen molar-refractivity contribution in [1.29, 1.82) is 5.26 Å². The van der Waals surface area contributed by atoms with Crippen LogP contribution in [0.15, 0.2) is 17.5 Å². The van der Waals surface area contributed by atoms with Crippen LogP contribution in [0.3, 0.4) is 0 Å². The van der Waals surface area contributed by atoms with Gasteiger partial charge in [-0.05, 0) is 49.1 Å². The summed E-state index contributed by atoms with van der Waals surface area (Å²) in [6.45, 7) is 2.90. The first-order valence-corrected chi connectivity index (χ1v) is 11.2. The van der Waals surface area contributed by atoms with Gasteiger partial charge >= 0.3 is 0 Å². The van der Waals surface area contributed by atoms with Crippen LogP contribution in [0, 0.1) is 11.3 Å². The van der Waals surface area contributed by atoms with E-state index in [1.54, 1.807) is 22.7 Å². The number of nitrogens with one attached hydrogen (secondary N) is 2. The summed E-state index contributed by atoms with van der Waals surface area (Å²) in [4.78, 5) is 16.5. The fraction of sp³-hybridized carbons (Fsp3) is 0.500. The maximum absolute atomic E-state index is 12.7. The molecule has 0 aromatic carbocycles. The smallest absolute Gasteiger partial charge is 0.280 e. The van der Waals surface area contributed by atoms with E-state index in [1.807, 2.05) is 0 Å². The minimum Gasteiger partial charge on any atom is -0.372 e. The van der Waals surface area contributed by atoms with Gasteiger partial charge in [0.25, 0.3) is 5.91 Å². The van der Waals surface area contributed by atoms with Crippen molar-refractivity contribution in [2.75, 3.05) is 25.0 Å². The third kappa shape index (κ3) is 4.41. The molecule has 142 valence electrons. The molecule has 2 aliphatic rings. The number of ether oxygens (including phenoxy) is 1. The molecule has 1 aliphatic carbocycles. The van der Waals surface area contributed by atoms with E-state index in [0.29, 0.717) is 12.1 Å². The molecular formula is C20H24N3O2S2+. The Balaban J connectivity index is 1.42. The van der Waals surface area contributed by atoms with E-state index in [0.717, 1.165) is 62.4 Å². The Labute approximate surface area is 167 Å². The number of carbonyl (C=O) groups is 1. The lowest BCUT2D eigenvalue weighted by atomic mass is 10.1. The second-order valence-corrected chi connectivity index (χ2v) is 9.38. The number of amides is 1. The monoisotopic (exact) mass is 402 g/mol. The highest BCUT2D eigenvalue weighted by atomic mass is 32.1. The van der Waals surface area contributed by atoms with Crippen LogP contribution in [0.5, 0.6) is 0 Å². The zero-order chi connectivity index (χ0) is 18.6. The molecular weight excluding hydrogens is 378 g/mol. The fourth-order valence-corrected chi connectivity index (χ4v) is 6.03. The Morgan fingerprint density at radius 3 is 3.07 bits per heavy atom. The van der Waals surface area contributed by atoms with Gasteiger partial charge < -0.3 is 15.0 Å². The van der Waals surface area contributed by atoms with Crippen LogP contribution >= 0.6 is 22.7 Å². The number of anilines is 1. The van der Waals surface area contributed by atoms with Crippen molar-refractivity contribution in [3.05, 3.63) is 38.4 Å². The Hall–Kier alpha value is -1.72. The minimum atomic E-state index is -0.0176. The number of hydrogen-bond donors (Lipinski definition) is 2. The third-order valence-electron chi connectivity index (χ3n) is 5.24. The summed E-state index contributed by atoms with van der Waals surface area (Å²) in [5.74, 6) is -0.0176. The lowest BCUT2D eigenvalue weighted by Gasteiger charge is -2.21. The highest BCUT2D eigenvalue weighted by molar-refractivity contribution is 7.16. The third-order valence-corrected chi connectivity index (χ3v) is 7.32. The van der Waals surface area contributed by atoms with Gasteiger partial charge in [0, 0.05) is 11.5 Å². The lowest BCUT2D eigenvalue weighted by Crippen LogP contribution is -3.12. The molecule has 4 rings (SSSR count). The molecule has 7 heteroatoms. The van der Waals surface area contributed by atoms with Gasteiger partial charge in [-0.2, -0.15) is 5.26 Å². The molecule has 27 heavy (non-hydrogen) atoms. The summed E-state index contributed by atoms with van der Waals surface area (Å²) in [6.07, 6.45) is 5.53. The molecule has 5 nitrogen and oxygen atoms in total. The highest BCUT2D eigenvalue weighted by Gasteiger charge is 2.26. The first kappa shape index (κ1) is 18.6. The molecule has 1 unspecified atom stereocenters. The molecule has 2 aromatic rings. The normalized spacial score (nSPS) is 19.6. The van der Waals surface area contributed by atoms with Crippen LogP contribution in [0.25, 0.3) is 0 Å². The van der Waals surface area contributed by atoms with Gasteiger partial charge in [0.05, 0.1) is 10.4 Å². The number of nitriles is 1. The summed E-state index contributed by atoms with van der Waals surface area (Å²) in [6, 6.07) is 6.47. The van der Waals surface area contributed by atoms with Crippen molar-refractivity contribution >= 4 is 33.6 Å². The SMILES string of the molecule is N#Cc1c(NC(=O)C[NH+](Cc2cccs2)C[C@@H]2CCCO2)sc2c1CCC2. The van der Waals surface area contributed by atoms with Gasteiger partial charge in [0.2, 0.25) is 0 Å². The van der Waals surface area contributed by atoms with E-state index in [2.05, 4.69) is 28.9 Å². The Bertz CT molecular complexity index is 832. The van der Waals surface area contributed by atoms with E-state index in [1.165, 1.54) is 14.7 Å². The van der Waals surface area contributed by atoms with E-state index in [4.69, 9.17) is 4.74 Å². The summed E-state index contributed by atoms with van der Waals surface area (Å²) in [5, 5.41) is 15.3.